The molecule has 0 heterocycles. The first kappa shape index (κ1) is 22.1. The number of ketones is 2. The van der Waals surface area contributed by atoms with Crippen LogP contribution in [-0.2, 0) is 9.53 Å². The number of aliphatic hydroxyl groups is 1. The first-order valence-electron chi connectivity index (χ1n) is 10.4. The summed E-state index contributed by atoms with van der Waals surface area (Å²) >= 11 is 0. The number of carbonyl (C=O) groups excluding carboxylic acids is 3. The fourth-order valence-electron chi connectivity index (χ4n) is 4.00. The van der Waals surface area contributed by atoms with Crippen molar-refractivity contribution >= 4 is 34.1 Å². The third-order valence-corrected chi connectivity index (χ3v) is 5.60. The molecule has 3 aromatic carbocycles. The van der Waals surface area contributed by atoms with E-state index in [4.69, 9.17) is 14.2 Å². The summed E-state index contributed by atoms with van der Waals surface area (Å²) in [4.78, 5) is 37.5. The second-order valence-electron chi connectivity index (χ2n) is 7.48. The zero-order valence-electron chi connectivity index (χ0n) is 18.2. The van der Waals surface area contributed by atoms with E-state index in [0.717, 1.165) is 5.39 Å². The summed E-state index contributed by atoms with van der Waals surface area (Å²) in [6, 6.07) is 15.4. The van der Waals surface area contributed by atoms with E-state index in [1.807, 2.05) is 24.3 Å². The van der Waals surface area contributed by atoms with Gasteiger partial charge in [-0.15, -0.1) is 0 Å². The van der Waals surface area contributed by atoms with Gasteiger partial charge in [0.15, 0.2) is 0 Å². The molecule has 0 bridgehead atoms. The molecule has 0 saturated carbocycles. The summed E-state index contributed by atoms with van der Waals surface area (Å²) < 4.78 is 16.3. The number of ether oxygens (including phenoxy) is 3. The van der Waals surface area contributed by atoms with Crippen LogP contribution in [0.2, 0.25) is 0 Å². The van der Waals surface area contributed by atoms with E-state index in [-0.39, 0.29) is 41.9 Å². The standard InChI is InChI=1S/C26H22O7/c1-31-21-14-20(25(32-2)18-11-6-3-8-15(18)21)26(30)33-13-7-12-19-22(27)16-9-4-5-10-17(16)23(28)24(19)29/h3-6,8-11,14,27H,7,12-13H2,1-2H3. The highest BCUT2D eigenvalue weighted by atomic mass is 16.5. The minimum absolute atomic E-state index is 0.0168. The highest BCUT2D eigenvalue weighted by molar-refractivity contribution is 6.52. The number of Topliss-reactive ketones (excluding diaryl/α,β-unsaturated/α-hetero) is 2. The van der Waals surface area contributed by atoms with Crippen LogP contribution >= 0.6 is 0 Å². The molecule has 0 aliphatic heterocycles. The fraction of sp³-hybridized carbons (Fsp3) is 0.192. The molecule has 7 nitrogen and oxygen atoms in total. The van der Waals surface area contributed by atoms with Crippen LogP contribution < -0.4 is 9.47 Å². The van der Waals surface area contributed by atoms with Gasteiger partial charge in [-0.05, 0) is 18.9 Å². The van der Waals surface area contributed by atoms with Crippen molar-refractivity contribution in [3.63, 3.8) is 0 Å². The van der Waals surface area contributed by atoms with Gasteiger partial charge in [-0.1, -0.05) is 48.5 Å². The van der Waals surface area contributed by atoms with Crippen LogP contribution in [0.3, 0.4) is 0 Å². The lowest BCUT2D eigenvalue weighted by Gasteiger charge is -2.18. The molecule has 0 radical (unpaired) electrons. The highest BCUT2D eigenvalue weighted by Crippen LogP contribution is 2.37. The van der Waals surface area contributed by atoms with Crippen LogP contribution in [0.4, 0.5) is 0 Å². The van der Waals surface area contributed by atoms with E-state index in [1.54, 1.807) is 24.3 Å². The smallest absolute Gasteiger partial charge is 0.342 e. The summed E-state index contributed by atoms with van der Waals surface area (Å²) in [5.41, 5.74) is 0.766. The molecule has 1 aliphatic rings. The third-order valence-electron chi connectivity index (χ3n) is 5.60. The van der Waals surface area contributed by atoms with Gasteiger partial charge in [-0.3, -0.25) is 9.59 Å². The van der Waals surface area contributed by atoms with Gasteiger partial charge in [0.1, 0.15) is 22.8 Å². The highest BCUT2D eigenvalue weighted by Gasteiger charge is 2.32. The summed E-state index contributed by atoms with van der Waals surface area (Å²) in [6.07, 6.45) is 0.343. The van der Waals surface area contributed by atoms with E-state index >= 15 is 0 Å². The maximum absolute atomic E-state index is 12.8. The quantitative estimate of drug-likeness (QED) is 0.323. The lowest BCUT2D eigenvalue weighted by Crippen LogP contribution is -2.24. The van der Waals surface area contributed by atoms with Crippen LogP contribution in [0.1, 0.15) is 39.1 Å². The molecule has 0 spiro atoms. The normalized spacial score (nSPS) is 13.2. The van der Waals surface area contributed by atoms with Crippen LogP contribution in [0.5, 0.6) is 11.5 Å². The van der Waals surface area contributed by atoms with Gasteiger partial charge in [-0.25, -0.2) is 4.79 Å². The number of esters is 1. The molecular formula is C26H22O7. The molecule has 1 aliphatic carbocycles. The number of allylic oxidation sites excluding steroid dienone is 1. The number of rotatable bonds is 7. The second-order valence-corrected chi connectivity index (χ2v) is 7.48. The predicted molar refractivity (Wildman–Crippen MR) is 122 cm³/mol. The van der Waals surface area contributed by atoms with E-state index in [9.17, 15) is 19.5 Å². The van der Waals surface area contributed by atoms with Crippen LogP contribution in [-0.4, -0.2) is 43.5 Å². The Balaban J connectivity index is 1.49. The molecule has 0 aromatic heterocycles. The summed E-state index contributed by atoms with van der Waals surface area (Å²) in [7, 11) is 2.99. The molecule has 4 rings (SSSR count). The zero-order chi connectivity index (χ0) is 23.5. The average molecular weight is 446 g/mol. The Morgan fingerprint density at radius 2 is 1.55 bits per heavy atom. The van der Waals surface area contributed by atoms with Crippen LogP contribution in [0.15, 0.2) is 60.2 Å². The molecular weight excluding hydrogens is 424 g/mol. The number of hydrogen-bond donors (Lipinski definition) is 1. The number of benzene rings is 3. The lowest BCUT2D eigenvalue weighted by atomic mass is 9.86. The molecule has 0 fully saturated rings. The Morgan fingerprint density at radius 3 is 2.24 bits per heavy atom. The Morgan fingerprint density at radius 1 is 0.879 bits per heavy atom. The van der Waals surface area contributed by atoms with Gasteiger partial charge < -0.3 is 19.3 Å². The SMILES string of the molecule is COc1cc(C(=O)OCCCC2=C(O)c3ccccc3C(=O)C2=O)c(OC)c2ccccc12. The first-order chi connectivity index (χ1) is 16.0. The van der Waals surface area contributed by atoms with Gasteiger partial charge in [-0.2, -0.15) is 0 Å². The van der Waals surface area contributed by atoms with Crippen molar-refractivity contribution in [2.45, 2.75) is 12.8 Å². The number of hydrogen-bond acceptors (Lipinski definition) is 7. The molecule has 0 atom stereocenters. The van der Waals surface area contributed by atoms with Gasteiger partial charge in [0.05, 0.1) is 20.8 Å². The first-order valence-corrected chi connectivity index (χ1v) is 10.4. The molecule has 7 heteroatoms. The summed E-state index contributed by atoms with van der Waals surface area (Å²) in [5, 5.41) is 12.0. The second kappa shape index (κ2) is 9.16. The van der Waals surface area contributed by atoms with E-state index in [2.05, 4.69) is 0 Å². The topological polar surface area (TPSA) is 99.1 Å². The maximum atomic E-state index is 12.8. The van der Waals surface area contributed by atoms with Crippen LogP contribution in [0, 0.1) is 0 Å². The molecule has 0 unspecified atom stereocenters. The largest absolute Gasteiger partial charge is 0.507 e. The fourth-order valence-corrected chi connectivity index (χ4v) is 4.00. The minimum atomic E-state index is -0.738. The molecule has 0 saturated heterocycles. The molecule has 3 aromatic rings. The van der Waals surface area contributed by atoms with Crippen molar-refractivity contribution in [2.75, 3.05) is 20.8 Å². The monoisotopic (exact) mass is 446 g/mol. The molecule has 0 amide bonds. The van der Waals surface area contributed by atoms with E-state index < -0.39 is 17.5 Å². The Kier molecular flexibility index (Phi) is 6.13. The van der Waals surface area contributed by atoms with Gasteiger partial charge in [0.2, 0.25) is 11.6 Å². The van der Waals surface area contributed by atoms with E-state index in [1.165, 1.54) is 20.3 Å². The lowest BCUT2D eigenvalue weighted by molar-refractivity contribution is -0.112. The van der Waals surface area contributed by atoms with Crippen molar-refractivity contribution in [3.8, 4) is 11.5 Å². The predicted octanol–water partition coefficient (Wildman–Crippen LogP) is 4.53. The van der Waals surface area contributed by atoms with Crippen molar-refractivity contribution in [3.05, 3.63) is 76.9 Å². The van der Waals surface area contributed by atoms with Crippen molar-refractivity contribution < 1.29 is 33.7 Å². The minimum Gasteiger partial charge on any atom is -0.507 e. The van der Waals surface area contributed by atoms with Crippen LogP contribution in [0.25, 0.3) is 16.5 Å². The van der Waals surface area contributed by atoms with Crippen molar-refractivity contribution in [1.82, 2.24) is 0 Å². The molecule has 1 N–H and O–H groups in total. The number of fused-ring (bicyclic) bond motifs is 2. The summed E-state index contributed by atoms with van der Waals surface area (Å²) in [6.45, 7) is -0.0168. The molecule has 33 heavy (non-hydrogen) atoms. The summed E-state index contributed by atoms with van der Waals surface area (Å²) in [5.74, 6) is -1.31. The Labute approximate surface area is 190 Å². The van der Waals surface area contributed by atoms with Crippen molar-refractivity contribution in [2.24, 2.45) is 0 Å². The number of carbonyl (C=O) groups is 3. The Bertz CT molecular complexity index is 1300. The van der Waals surface area contributed by atoms with E-state index in [0.29, 0.717) is 22.4 Å². The van der Waals surface area contributed by atoms with Crippen molar-refractivity contribution in [1.29, 1.82) is 0 Å². The van der Waals surface area contributed by atoms with Gasteiger partial charge >= 0.3 is 5.97 Å². The zero-order valence-corrected chi connectivity index (χ0v) is 18.2. The number of methoxy groups -OCH3 is 2. The molecule has 168 valence electrons. The number of aliphatic hydroxyl groups excluding tert-OH is 1. The van der Waals surface area contributed by atoms with Gasteiger partial charge in [0.25, 0.3) is 0 Å². The Hall–Kier alpha value is -4.13. The van der Waals surface area contributed by atoms with Gasteiger partial charge in [0, 0.05) is 27.5 Å². The average Bonchev–Trinajstić information content (AvgIpc) is 2.85. The third kappa shape index (κ3) is 3.93. The maximum Gasteiger partial charge on any atom is 0.342 e.